The van der Waals surface area contributed by atoms with Crippen molar-refractivity contribution in [2.24, 2.45) is 0 Å². The van der Waals surface area contributed by atoms with Gasteiger partial charge in [-0.15, -0.1) is 0 Å². The molecule has 0 bridgehead atoms. The standard InChI is InChI=1S/C33H21N3O3/c34-22-24-20-31(36(37)38)32(21-25(24)23-35)39-30-18-16-29(17-19-30)33(26-10-4-1-5-11-26,27-12-6-2-7-13-27)28-14-8-3-9-15-28/h1-21H. The number of benzene rings is 5. The Morgan fingerprint density at radius 3 is 1.44 bits per heavy atom. The molecule has 0 radical (unpaired) electrons. The Labute approximate surface area is 225 Å². The van der Waals surface area contributed by atoms with Gasteiger partial charge in [-0.2, -0.15) is 10.5 Å². The number of rotatable bonds is 7. The van der Waals surface area contributed by atoms with Crippen LogP contribution in [0.2, 0.25) is 0 Å². The first kappa shape index (κ1) is 25.0. The maximum atomic E-state index is 11.7. The van der Waals surface area contributed by atoms with Gasteiger partial charge in [-0.05, 0) is 34.4 Å². The lowest BCUT2D eigenvalue weighted by molar-refractivity contribution is -0.385. The predicted octanol–water partition coefficient (Wildman–Crippen LogP) is 7.51. The molecule has 5 aromatic rings. The zero-order chi connectivity index (χ0) is 27.2. The van der Waals surface area contributed by atoms with Crippen LogP contribution in [0.5, 0.6) is 11.5 Å². The summed E-state index contributed by atoms with van der Waals surface area (Å²) in [5, 5.41) is 30.3. The van der Waals surface area contributed by atoms with E-state index in [1.54, 1.807) is 12.1 Å². The second-order valence-corrected chi connectivity index (χ2v) is 8.82. The first-order chi connectivity index (χ1) is 19.1. The van der Waals surface area contributed by atoms with Crippen LogP contribution in [-0.4, -0.2) is 4.92 Å². The lowest BCUT2D eigenvalue weighted by Crippen LogP contribution is -2.30. The SMILES string of the molecule is N#Cc1cc(Oc2ccc(C(c3ccccc3)(c3ccccc3)c3ccccc3)cc2)c([N+](=O)[O-])cc1C#N. The monoisotopic (exact) mass is 507 g/mol. The summed E-state index contributed by atoms with van der Waals surface area (Å²) in [4.78, 5) is 11.0. The van der Waals surface area contributed by atoms with Gasteiger partial charge in [-0.25, -0.2) is 0 Å². The molecule has 0 atom stereocenters. The summed E-state index contributed by atoms with van der Waals surface area (Å²) in [5.41, 5.74) is 3.12. The van der Waals surface area contributed by atoms with E-state index < -0.39 is 10.3 Å². The number of nitriles is 2. The van der Waals surface area contributed by atoms with Crippen molar-refractivity contribution in [3.63, 3.8) is 0 Å². The van der Waals surface area contributed by atoms with Crippen LogP contribution in [0.1, 0.15) is 33.4 Å². The summed E-state index contributed by atoms with van der Waals surface area (Å²) >= 11 is 0. The normalized spacial score (nSPS) is 10.7. The zero-order valence-electron chi connectivity index (χ0n) is 20.7. The van der Waals surface area contributed by atoms with Crippen molar-refractivity contribution < 1.29 is 9.66 Å². The first-order valence-corrected chi connectivity index (χ1v) is 12.2. The van der Waals surface area contributed by atoms with Crippen molar-refractivity contribution in [1.82, 2.24) is 0 Å². The van der Waals surface area contributed by atoms with Crippen LogP contribution in [-0.2, 0) is 5.41 Å². The van der Waals surface area contributed by atoms with E-state index in [2.05, 4.69) is 36.4 Å². The quantitative estimate of drug-likeness (QED) is 0.129. The molecule has 5 rings (SSSR count). The van der Waals surface area contributed by atoms with E-state index >= 15 is 0 Å². The van der Waals surface area contributed by atoms with Gasteiger partial charge in [0.1, 0.15) is 17.9 Å². The molecule has 39 heavy (non-hydrogen) atoms. The molecule has 6 nitrogen and oxygen atoms in total. The molecular weight excluding hydrogens is 486 g/mol. The molecule has 0 N–H and O–H groups in total. The minimum absolute atomic E-state index is 0.00553. The molecule has 5 aromatic carbocycles. The first-order valence-electron chi connectivity index (χ1n) is 12.2. The highest BCUT2D eigenvalue weighted by Gasteiger charge is 2.38. The van der Waals surface area contributed by atoms with E-state index in [9.17, 15) is 20.6 Å². The third kappa shape index (κ3) is 4.59. The molecule has 0 aliphatic carbocycles. The van der Waals surface area contributed by atoms with Gasteiger partial charge < -0.3 is 4.74 Å². The fraction of sp³-hybridized carbons (Fsp3) is 0.0303. The summed E-state index contributed by atoms with van der Waals surface area (Å²) < 4.78 is 5.90. The van der Waals surface area contributed by atoms with Gasteiger partial charge in [-0.3, -0.25) is 10.1 Å². The highest BCUT2D eigenvalue weighted by molar-refractivity contribution is 5.62. The Morgan fingerprint density at radius 2 is 1.03 bits per heavy atom. The van der Waals surface area contributed by atoms with E-state index in [0.29, 0.717) is 5.75 Å². The third-order valence-electron chi connectivity index (χ3n) is 6.67. The van der Waals surface area contributed by atoms with Gasteiger partial charge in [0, 0.05) is 12.1 Å². The number of ether oxygens (including phenoxy) is 1. The van der Waals surface area contributed by atoms with Crippen molar-refractivity contribution in [3.8, 4) is 23.6 Å². The van der Waals surface area contributed by atoms with Crippen LogP contribution in [0.15, 0.2) is 127 Å². The van der Waals surface area contributed by atoms with Crippen molar-refractivity contribution in [1.29, 1.82) is 10.5 Å². The molecule has 0 aromatic heterocycles. The molecule has 0 saturated heterocycles. The average Bonchev–Trinajstić information content (AvgIpc) is 2.99. The van der Waals surface area contributed by atoms with Crippen LogP contribution >= 0.6 is 0 Å². The topological polar surface area (TPSA) is 99.9 Å². The smallest absolute Gasteiger partial charge is 0.312 e. The maximum absolute atomic E-state index is 11.7. The van der Waals surface area contributed by atoms with Gasteiger partial charge in [0.15, 0.2) is 0 Å². The number of hydrogen-bond acceptors (Lipinski definition) is 5. The van der Waals surface area contributed by atoms with Gasteiger partial charge in [0.25, 0.3) is 0 Å². The Kier molecular flexibility index (Phi) is 6.86. The zero-order valence-corrected chi connectivity index (χ0v) is 20.7. The highest BCUT2D eigenvalue weighted by Crippen LogP contribution is 2.45. The van der Waals surface area contributed by atoms with E-state index in [4.69, 9.17) is 4.74 Å². The molecule has 0 fully saturated rings. The Morgan fingerprint density at radius 1 is 0.615 bits per heavy atom. The Hall–Kier alpha value is -5.72. The van der Waals surface area contributed by atoms with Crippen molar-refractivity contribution in [2.75, 3.05) is 0 Å². The average molecular weight is 508 g/mol. The summed E-state index contributed by atoms with van der Waals surface area (Å²) in [6, 6.07) is 44.1. The van der Waals surface area contributed by atoms with Gasteiger partial charge in [0.05, 0.1) is 21.5 Å². The van der Waals surface area contributed by atoms with Gasteiger partial charge >= 0.3 is 5.69 Å². The summed E-state index contributed by atoms with van der Waals surface area (Å²) in [6.07, 6.45) is 0. The maximum Gasteiger partial charge on any atom is 0.312 e. The van der Waals surface area contributed by atoms with E-state index in [0.717, 1.165) is 28.3 Å². The van der Waals surface area contributed by atoms with Gasteiger partial charge in [-0.1, -0.05) is 103 Å². The van der Waals surface area contributed by atoms with E-state index in [1.165, 1.54) is 6.07 Å². The van der Waals surface area contributed by atoms with Crippen LogP contribution in [0, 0.1) is 32.8 Å². The molecule has 6 heteroatoms. The fourth-order valence-electron chi connectivity index (χ4n) is 4.94. The van der Waals surface area contributed by atoms with E-state index in [-0.39, 0.29) is 22.6 Å². The van der Waals surface area contributed by atoms with Crippen molar-refractivity contribution >= 4 is 5.69 Å². The lowest BCUT2D eigenvalue weighted by atomic mass is 9.65. The summed E-state index contributed by atoms with van der Waals surface area (Å²) in [5.74, 6) is 0.252. The van der Waals surface area contributed by atoms with Crippen molar-refractivity contribution in [3.05, 3.63) is 171 Å². The molecule has 0 aliphatic heterocycles. The van der Waals surface area contributed by atoms with Crippen LogP contribution in [0.4, 0.5) is 5.69 Å². The Balaban J connectivity index is 1.66. The number of hydrogen-bond donors (Lipinski definition) is 0. The predicted molar refractivity (Wildman–Crippen MR) is 147 cm³/mol. The number of nitro benzene ring substituents is 1. The largest absolute Gasteiger partial charge is 0.450 e. The minimum Gasteiger partial charge on any atom is -0.450 e. The minimum atomic E-state index is -0.642. The Bertz CT molecular complexity index is 1610. The summed E-state index contributed by atoms with van der Waals surface area (Å²) in [6.45, 7) is 0. The second kappa shape index (κ2) is 10.7. The van der Waals surface area contributed by atoms with Gasteiger partial charge in [0.2, 0.25) is 5.75 Å². The molecule has 186 valence electrons. The fourth-order valence-corrected chi connectivity index (χ4v) is 4.94. The number of nitro groups is 1. The molecule has 0 amide bonds. The molecule has 0 heterocycles. The third-order valence-corrected chi connectivity index (χ3v) is 6.67. The highest BCUT2D eigenvalue weighted by atomic mass is 16.6. The molecule has 0 saturated carbocycles. The van der Waals surface area contributed by atoms with Crippen LogP contribution in [0.25, 0.3) is 0 Å². The molecule has 0 spiro atoms. The van der Waals surface area contributed by atoms with Crippen molar-refractivity contribution in [2.45, 2.75) is 5.41 Å². The molecule has 0 aliphatic rings. The van der Waals surface area contributed by atoms with Crippen LogP contribution in [0.3, 0.4) is 0 Å². The summed E-state index contributed by atoms with van der Waals surface area (Å²) in [7, 11) is 0. The number of nitrogens with zero attached hydrogens (tertiary/aromatic N) is 3. The molecule has 0 unspecified atom stereocenters. The van der Waals surface area contributed by atoms with Crippen LogP contribution < -0.4 is 4.74 Å². The lowest BCUT2D eigenvalue weighted by Gasteiger charge is -2.36. The second-order valence-electron chi connectivity index (χ2n) is 8.82. The molecular formula is C33H21N3O3. The van der Waals surface area contributed by atoms with E-state index in [1.807, 2.05) is 78.9 Å².